The third kappa shape index (κ3) is 2.07. The van der Waals surface area contributed by atoms with Crippen LogP contribution in [0.4, 0.5) is 0 Å². The topological polar surface area (TPSA) is 78.4 Å². The van der Waals surface area contributed by atoms with E-state index in [4.69, 9.17) is 14.2 Å². The zero-order valence-corrected chi connectivity index (χ0v) is 12.4. The molecule has 2 heterocycles. The van der Waals surface area contributed by atoms with Crippen LogP contribution < -0.4 is 14.2 Å². The molecule has 0 aliphatic rings. The molecule has 3 aromatic rings. The second-order valence-corrected chi connectivity index (χ2v) is 4.57. The van der Waals surface area contributed by atoms with Gasteiger partial charge in [0.05, 0.1) is 26.8 Å². The molecule has 7 heteroatoms. The third-order valence-electron chi connectivity index (χ3n) is 3.39. The summed E-state index contributed by atoms with van der Waals surface area (Å²) in [5, 5.41) is 0.790. The number of carbonyl (C=O) groups excluding carboxylic acids is 1. The zero-order valence-electron chi connectivity index (χ0n) is 12.4. The highest BCUT2D eigenvalue weighted by molar-refractivity contribution is 6.01. The van der Waals surface area contributed by atoms with Crippen molar-refractivity contribution in [2.75, 3.05) is 21.3 Å². The van der Waals surface area contributed by atoms with Crippen LogP contribution in [-0.4, -0.2) is 41.8 Å². The van der Waals surface area contributed by atoms with E-state index in [9.17, 15) is 4.79 Å². The van der Waals surface area contributed by atoms with E-state index in [2.05, 4.69) is 9.97 Å². The van der Waals surface area contributed by atoms with Crippen molar-refractivity contribution in [3.05, 3.63) is 36.5 Å². The average Bonchev–Trinajstić information content (AvgIpc) is 3.21. The highest BCUT2D eigenvalue weighted by Crippen LogP contribution is 2.43. The Hall–Kier alpha value is -2.96. The number of H-pyrrole nitrogens is 1. The van der Waals surface area contributed by atoms with Gasteiger partial charge < -0.3 is 19.2 Å². The quantitative estimate of drug-likeness (QED) is 0.798. The van der Waals surface area contributed by atoms with Gasteiger partial charge >= 0.3 is 0 Å². The molecule has 0 unspecified atom stereocenters. The van der Waals surface area contributed by atoms with Crippen molar-refractivity contribution in [2.45, 2.75) is 0 Å². The van der Waals surface area contributed by atoms with Crippen molar-refractivity contribution in [3.63, 3.8) is 0 Å². The van der Waals surface area contributed by atoms with E-state index in [1.807, 2.05) is 0 Å². The van der Waals surface area contributed by atoms with Gasteiger partial charge in [0.2, 0.25) is 5.75 Å². The summed E-state index contributed by atoms with van der Waals surface area (Å²) < 4.78 is 17.5. The van der Waals surface area contributed by atoms with Crippen LogP contribution >= 0.6 is 0 Å². The maximum Gasteiger partial charge on any atom is 0.279 e. The lowest BCUT2D eigenvalue weighted by Crippen LogP contribution is -2.09. The summed E-state index contributed by atoms with van der Waals surface area (Å²) in [4.78, 5) is 19.3. The van der Waals surface area contributed by atoms with E-state index in [0.717, 1.165) is 5.39 Å². The van der Waals surface area contributed by atoms with Crippen molar-refractivity contribution in [1.82, 2.24) is 14.5 Å². The Morgan fingerprint density at radius 2 is 1.91 bits per heavy atom. The van der Waals surface area contributed by atoms with E-state index in [-0.39, 0.29) is 5.91 Å². The molecule has 7 nitrogen and oxygen atoms in total. The number of nitrogens with zero attached hydrogens (tertiary/aromatic N) is 2. The number of ether oxygens (including phenoxy) is 3. The number of fused-ring (bicyclic) bond motifs is 1. The fourth-order valence-corrected chi connectivity index (χ4v) is 2.38. The van der Waals surface area contributed by atoms with Crippen LogP contribution in [0, 0.1) is 0 Å². The van der Waals surface area contributed by atoms with Crippen LogP contribution in [0.5, 0.6) is 17.2 Å². The van der Waals surface area contributed by atoms with Gasteiger partial charge in [-0.05, 0) is 12.1 Å². The van der Waals surface area contributed by atoms with Crippen molar-refractivity contribution in [1.29, 1.82) is 0 Å². The minimum atomic E-state index is -0.214. The first-order valence-corrected chi connectivity index (χ1v) is 6.54. The predicted molar refractivity (Wildman–Crippen MR) is 79.9 cm³/mol. The van der Waals surface area contributed by atoms with Crippen LogP contribution in [0.25, 0.3) is 10.9 Å². The van der Waals surface area contributed by atoms with Crippen LogP contribution in [0.3, 0.4) is 0 Å². The number of imidazole rings is 1. The van der Waals surface area contributed by atoms with Crippen molar-refractivity contribution in [3.8, 4) is 17.2 Å². The van der Waals surface area contributed by atoms with E-state index < -0.39 is 0 Å². The Morgan fingerprint density at radius 1 is 1.14 bits per heavy atom. The highest BCUT2D eigenvalue weighted by Gasteiger charge is 2.20. The molecular formula is C15H15N3O4. The molecule has 3 rings (SSSR count). The van der Waals surface area contributed by atoms with Crippen LogP contribution in [0.2, 0.25) is 0 Å². The number of benzene rings is 1. The molecule has 0 aliphatic heterocycles. The van der Waals surface area contributed by atoms with Crippen molar-refractivity contribution >= 4 is 16.8 Å². The fourth-order valence-electron chi connectivity index (χ4n) is 2.38. The Morgan fingerprint density at radius 3 is 2.50 bits per heavy atom. The Labute approximate surface area is 126 Å². The summed E-state index contributed by atoms with van der Waals surface area (Å²) in [6, 6.07) is 3.53. The van der Waals surface area contributed by atoms with Gasteiger partial charge in [-0.1, -0.05) is 0 Å². The molecule has 114 valence electrons. The maximum absolute atomic E-state index is 12.4. The van der Waals surface area contributed by atoms with E-state index in [1.165, 1.54) is 25.1 Å². The molecule has 0 saturated carbocycles. The molecule has 0 radical (unpaired) electrons. The first-order valence-electron chi connectivity index (χ1n) is 6.54. The van der Waals surface area contributed by atoms with Gasteiger partial charge in [0.1, 0.15) is 12.0 Å². The number of nitrogens with one attached hydrogen (secondary N) is 1. The summed E-state index contributed by atoms with van der Waals surface area (Å²) in [5.74, 6) is 1.28. The van der Waals surface area contributed by atoms with Crippen LogP contribution in [0.1, 0.15) is 10.5 Å². The number of aromatic nitrogens is 3. The van der Waals surface area contributed by atoms with E-state index in [0.29, 0.717) is 28.5 Å². The molecule has 1 N–H and O–H groups in total. The SMILES string of the molecule is COc1cc2cc(C(=O)n3ccnc3)[nH]c2c(OC)c1OC. The number of carbonyl (C=O) groups is 1. The minimum absolute atomic E-state index is 0.214. The molecule has 0 saturated heterocycles. The van der Waals surface area contributed by atoms with Crippen molar-refractivity contribution in [2.24, 2.45) is 0 Å². The third-order valence-corrected chi connectivity index (χ3v) is 3.39. The molecule has 0 fully saturated rings. The maximum atomic E-state index is 12.4. The highest BCUT2D eigenvalue weighted by atomic mass is 16.5. The Bertz CT molecular complexity index is 821. The molecule has 0 aliphatic carbocycles. The number of methoxy groups -OCH3 is 3. The summed E-state index contributed by atoms with van der Waals surface area (Å²) in [7, 11) is 4.62. The lowest BCUT2D eigenvalue weighted by atomic mass is 10.2. The fraction of sp³-hybridized carbons (Fsp3) is 0.200. The average molecular weight is 301 g/mol. The molecule has 22 heavy (non-hydrogen) atoms. The van der Waals surface area contributed by atoms with Gasteiger partial charge in [0, 0.05) is 17.8 Å². The van der Waals surface area contributed by atoms with Crippen LogP contribution in [0.15, 0.2) is 30.9 Å². The Kier molecular flexibility index (Phi) is 3.46. The van der Waals surface area contributed by atoms with Gasteiger partial charge in [0.25, 0.3) is 5.91 Å². The monoisotopic (exact) mass is 301 g/mol. The number of hydrogen-bond acceptors (Lipinski definition) is 5. The lowest BCUT2D eigenvalue weighted by Gasteiger charge is -2.12. The summed E-state index contributed by atoms with van der Waals surface area (Å²) in [6.07, 6.45) is 4.59. The largest absolute Gasteiger partial charge is 0.493 e. The number of rotatable bonds is 4. The van der Waals surface area contributed by atoms with E-state index >= 15 is 0 Å². The molecule has 1 aromatic carbocycles. The van der Waals surface area contributed by atoms with Gasteiger partial charge in [0.15, 0.2) is 11.5 Å². The molecule has 0 spiro atoms. The summed E-state index contributed by atoms with van der Waals surface area (Å²) in [6.45, 7) is 0. The van der Waals surface area contributed by atoms with E-state index in [1.54, 1.807) is 31.6 Å². The first kappa shape index (κ1) is 14.0. The second-order valence-electron chi connectivity index (χ2n) is 4.57. The van der Waals surface area contributed by atoms with Crippen LogP contribution in [-0.2, 0) is 0 Å². The standard InChI is InChI=1S/C15H15N3O4/c1-20-11-7-9-6-10(15(19)18-5-4-16-8-18)17-12(9)14(22-3)13(11)21-2/h4-8,17H,1-3H3. The Balaban J connectivity index is 2.19. The number of aromatic amines is 1. The van der Waals surface area contributed by atoms with Gasteiger partial charge in [-0.3, -0.25) is 9.36 Å². The lowest BCUT2D eigenvalue weighted by molar-refractivity contribution is 0.0955. The molecule has 0 atom stereocenters. The molecule has 2 aromatic heterocycles. The first-order chi connectivity index (χ1) is 10.7. The predicted octanol–water partition coefficient (Wildman–Crippen LogP) is 2.08. The van der Waals surface area contributed by atoms with Crippen molar-refractivity contribution < 1.29 is 19.0 Å². The summed E-state index contributed by atoms with van der Waals surface area (Å²) in [5.41, 5.74) is 1.09. The summed E-state index contributed by atoms with van der Waals surface area (Å²) >= 11 is 0. The van der Waals surface area contributed by atoms with Gasteiger partial charge in [-0.2, -0.15) is 0 Å². The molecule has 0 amide bonds. The minimum Gasteiger partial charge on any atom is -0.493 e. The second kappa shape index (κ2) is 5.44. The number of hydrogen-bond donors (Lipinski definition) is 1. The van der Waals surface area contributed by atoms with Gasteiger partial charge in [-0.15, -0.1) is 0 Å². The zero-order chi connectivity index (χ0) is 15.7. The normalized spacial score (nSPS) is 10.7. The molecule has 0 bridgehead atoms. The smallest absolute Gasteiger partial charge is 0.279 e. The van der Waals surface area contributed by atoms with Gasteiger partial charge in [-0.25, -0.2) is 4.98 Å². The molecular weight excluding hydrogens is 286 g/mol.